The predicted octanol–water partition coefficient (Wildman–Crippen LogP) is 5.93. The minimum absolute atomic E-state index is 0.108. The number of nitrogens with zero attached hydrogens (tertiary/aromatic N) is 2. The number of carbonyl (C=O) groups is 1. The van der Waals surface area contributed by atoms with Gasteiger partial charge >= 0.3 is 0 Å². The summed E-state index contributed by atoms with van der Waals surface area (Å²) in [5.74, 6) is 0.777. The SMILES string of the molecule is COc1ccccc1NC(=O)CSC1=Nc2ccccc2N=C(c2ccc(C)cc2)C1. The van der Waals surface area contributed by atoms with Crippen LogP contribution < -0.4 is 10.1 Å². The lowest BCUT2D eigenvalue weighted by molar-refractivity contribution is -0.113. The van der Waals surface area contributed by atoms with Gasteiger partial charge in [-0.05, 0) is 36.8 Å². The van der Waals surface area contributed by atoms with Crippen molar-refractivity contribution in [2.75, 3.05) is 18.2 Å². The number of rotatable bonds is 5. The standard InChI is InChI=1S/C25H23N3O2S/c1-17-11-13-18(14-12-17)22-15-25(28-20-8-4-3-7-19(20)26-22)31-16-24(29)27-21-9-5-6-10-23(21)30-2/h3-14H,15-16H2,1-2H3,(H,27,29). The normalized spacial score (nSPS) is 12.8. The van der Waals surface area contributed by atoms with Crippen LogP contribution in [-0.4, -0.2) is 29.5 Å². The van der Waals surface area contributed by atoms with Gasteiger partial charge in [0.15, 0.2) is 0 Å². The number of aliphatic imine (C=N–C) groups is 2. The summed E-state index contributed by atoms with van der Waals surface area (Å²) < 4.78 is 5.31. The van der Waals surface area contributed by atoms with E-state index >= 15 is 0 Å². The van der Waals surface area contributed by atoms with Crippen molar-refractivity contribution in [2.24, 2.45) is 9.98 Å². The van der Waals surface area contributed by atoms with E-state index in [1.165, 1.54) is 17.3 Å². The average Bonchev–Trinajstić information content (AvgIpc) is 2.98. The highest BCUT2D eigenvalue weighted by Gasteiger charge is 2.17. The maximum absolute atomic E-state index is 12.6. The van der Waals surface area contributed by atoms with Gasteiger partial charge in [-0.15, -0.1) is 11.8 Å². The first-order valence-electron chi connectivity index (χ1n) is 9.99. The number of nitrogens with one attached hydrogen (secondary N) is 1. The molecule has 31 heavy (non-hydrogen) atoms. The van der Waals surface area contributed by atoms with E-state index in [9.17, 15) is 4.79 Å². The van der Waals surface area contributed by atoms with E-state index in [0.29, 0.717) is 17.9 Å². The summed E-state index contributed by atoms with van der Waals surface area (Å²) in [6.45, 7) is 2.07. The van der Waals surface area contributed by atoms with Crippen LogP contribution in [0.1, 0.15) is 17.5 Å². The summed E-state index contributed by atoms with van der Waals surface area (Å²) in [6.07, 6.45) is 0.574. The van der Waals surface area contributed by atoms with Crippen LogP contribution in [0.3, 0.4) is 0 Å². The van der Waals surface area contributed by atoms with Gasteiger partial charge in [-0.3, -0.25) is 9.79 Å². The Bertz CT molecular complexity index is 1150. The number of amides is 1. The number of hydrogen-bond donors (Lipinski definition) is 1. The molecule has 1 amide bonds. The van der Waals surface area contributed by atoms with E-state index < -0.39 is 0 Å². The predicted molar refractivity (Wildman–Crippen MR) is 130 cm³/mol. The number of thioether (sulfide) groups is 1. The molecule has 1 aliphatic heterocycles. The zero-order valence-corrected chi connectivity index (χ0v) is 18.3. The Kier molecular flexibility index (Phi) is 6.48. The summed E-state index contributed by atoms with van der Waals surface area (Å²) in [7, 11) is 1.59. The molecule has 0 bridgehead atoms. The maximum atomic E-state index is 12.6. The molecule has 1 aliphatic rings. The third-order valence-corrected chi connectivity index (χ3v) is 5.81. The van der Waals surface area contributed by atoms with Crippen molar-refractivity contribution in [2.45, 2.75) is 13.3 Å². The second-order valence-corrected chi connectivity index (χ2v) is 8.18. The number of benzene rings is 3. The second-order valence-electron chi connectivity index (χ2n) is 7.13. The number of carbonyl (C=O) groups excluding carboxylic acids is 1. The van der Waals surface area contributed by atoms with Crippen LogP contribution in [0, 0.1) is 6.92 Å². The van der Waals surface area contributed by atoms with Crippen LogP contribution in [0.5, 0.6) is 5.75 Å². The summed E-state index contributed by atoms with van der Waals surface area (Å²) in [5, 5.41) is 3.78. The number of para-hydroxylation sites is 4. The molecule has 6 heteroatoms. The first kappa shape index (κ1) is 20.9. The van der Waals surface area contributed by atoms with E-state index in [-0.39, 0.29) is 11.7 Å². The van der Waals surface area contributed by atoms with Crippen molar-refractivity contribution in [3.8, 4) is 5.75 Å². The molecule has 0 saturated heterocycles. The Labute approximate surface area is 186 Å². The summed E-state index contributed by atoms with van der Waals surface area (Å²) in [4.78, 5) is 22.3. The molecule has 3 aromatic carbocycles. The minimum atomic E-state index is -0.108. The molecule has 0 unspecified atom stereocenters. The van der Waals surface area contributed by atoms with Crippen LogP contribution in [0.25, 0.3) is 0 Å². The molecule has 4 rings (SSSR count). The summed E-state index contributed by atoms with van der Waals surface area (Å²) >= 11 is 1.43. The third kappa shape index (κ3) is 5.22. The molecule has 0 saturated carbocycles. The summed E-state index contributed by atoms with van der Waals surface area (Å²) in [5.41, 5.74) is 5.53. The van der Waals surface area contributed by atoms with Crippen molar-refractivity contribution in [3.63, 3.8) is 0 Å². The third-order valence-electron chi connectivity index (χ3n) is 4.84. The molecule has 0 radical (unpaired) electrons. The van der Waals surface area contributed by atoms with E-state index in [2.05, 4.69) is 36.5 Å². The number of methoxy groups -OCH3 is 1. The van der Waals surface area contributed by atoms with Crippen molar-refractivity contribution >= 4 is 45.5 Å². The zero-order valence-electron chi connectivity index (χ0n) is 17.5. The van der Waals surface area contributed by atoms with Crippen molar-refractivity contribution in [1.82, 2.24) is 0 Å². The largest absolute Gasteiger partial charge is 0.495 e. The first-order chi connectivity index (χ1) is 15.1. The number of hydrogen-bond acceptors (Lipinski definition) is 5. The molecule has 5 nitrogen and oxygen atoms in total. The lowest BCUT2D eigenvalue weighted by Crippen LogP contribution is -2.16. The Morgan fingerprint density at radius 3 is 2.39 bits per heavy atom. The Balaban J connectivity index is 1.52. The lowest BCUT2D eigenvalue weighted by atomic mass is 10.1. The molecule has 0 spiro atoms. The molecule has 3 aromatic rings. The Morgan fingerprint density at radius 2 is 1.65 bits per heavy atom. The van der Waals surface area contributed by atoms with Gasteiger partial charge in [0.25, 0.3) is 0 Å². The molecular formula is C25H23N3O2S. The van der Waals surface area contributed by atoms with Crippen molar-refractivity contribution in [3.05, 3.63) is 83.9 Å². The van der Waals surface area contributed by atoms with E-state index in [1.807, 2.05) is 48.5 Å². The van der Waals surface area contributed by atoms with Crippen molar-refractivity contribution in [1.29, 1.82) is 0 Å². The van der Waals surface area contributed by atoms with Gasteiger partial charge in [-0.1, -0.05) is 54.1 Å². The summed E-state index contributed by atoms with van der Waals surface area (Å²) in [6, 6.07) is 23.5. The fourth-order valence-electron chi connectivity index (χ4n) is 3.23. The second kappa shape index (κ2) is 9.62. The number of fused-ring (bicyclic) bond motifs is 1. The van der Waals surface area contributed by atoms with Gasteiger partial charge in [0, 0.05) is 6.42 Å². The van der Waals surface area contributed by atoms with E-state index in [4.69, 9.17) is 14.7 Å². The molecule has 1 heterocycles. The monoisotopic (exact) mass is 429 g/mol. The fourth-order valence-corrected chi connectivity index (χ4v) is 4.01. The lowest BCUT2D eigenvalue weighted by Gasteiger charge is -2.10. The van der Waals surface area contributed by atoms with E-state index in [0.717, 1.165) is 27.7 Å². The zero-order chi connectivity index (χ0) is 21.6. The van der Waals surface area contributed by atoms with Crippen LogP contribution in [-0.2, 0) is 4.79 Å². The van der Waals surface area contributed by atoms with Crippen LogP contribution in [0.2, 0.25) is 0 Å². The van der Waals surface area contributed by atoms with Gasteiger partial charge in [-0.25, -0.2) is 4.99 Å². The first-order valence-corrected chi connectivity index (χ1v) is 11.0. The van der Waals surface area contributed by atoms with Gasteiger partial charge in [0.1, 0.15) is 5.75 Å². The smallest absolute Gasteiger partial charge is 0.234 e. The molecule has 1 N–H and O–H groups in total. The van der Waals surface area contributed by atoms with E-state index in [1.54, 1.807) is 7.11 Å². The number of anilines is 1. The van der Waals surface area contributed by atoms with Crippen molar-refractivity contribution < 1.29 is 9.53 Å². The molecule has 0 aliphatic carbocycles. The van der Waals surface area contributed by atoms with Gasteiger partial charge in [-0.2, -0.15) is 0 Å². The minimum Gasteiger partial charge on any atom is -0.495 e. The topological polar surface area (TPSA) is 63.0 Å². The van der Waals surface area contributed by atoms with Gasteiger partial charge in [0.05, 0.1) is 40.7 Å². The molecule has 0 fully saturated rings. The fraction of sp³-hybridized carbons (Fsp3) is 0.160. The highest BCUT2D eigenvalue weighted by atomic mass is 32.2. The molecule has 0 atom stereocenters. The Morgan fingerprint density at radius 1 is 0.968 bits per heavy atom. The average molecular weight is 430 g/mol. The number of aryl methyl sites for hydroxylation is 1. The molecular weight excluding hydrogens is 406 g/mol. The number of ether oxygens (including phenoxy) is 1. The van der Waals surface area contributed by atoms with Gasteiger partial charge in [0.2, 0.25) is 5.91 Å². The van der Waals surface area contributed by atoms with Crippen LogP contribution in [0.4, 0.5) is 17.1 Å². The quantitative estimate of drug-likeness (QED) is 0.547. The Hall–Kier alpha value is -3.38. The van der Waals surface area contributed by atoms with Crippen LogP contribution >= 0.6 is 11.8 Å². The van der Waals surface area contributed by atoms with Gasteiger partial charge < -0.3 is 10.1 Å². The highest BCUT2D eigenvalue weighted by molar-refractivity contribution is 8.14. The van der Waals surface area contributed by atoms with Crippen LogP contribution in [0.15, 0.2) is 82.8 Å². The maximum Gasteiger partial charge on any atom is 0.234 e. The molecule has 0 aromatic heterocycles. The highest BCUT2D eigenvalue weighted by Crippen LogP contribution is 2.33. The molecule has 156 valence electrons.